The lowest BCUT2D eigenvalue weighted by atomic mass is 10.1. The quantitative estimate of drug-likeness (QED) is 0.545. The van der Waals surface area contributed by atoms with Crippen molar-refractivity contribution in [3.8, 4) is 0 Å². The minimum atomic E-state index is -0.451. The van der Waals surface area contributed by atoms with Crippen LogP contribution in [0.25, 0.3) is 0 Å². The smallest absolute Gasteiger partial charge is 0.164 e. The molecule has 0 radical (unpaired) electrons. The summed E-state index contributed by atoms with van der Waals surface area (Å²) in [5.74, 6) is -0.451. The van der Waals surface area contributed by atoms with E-state index in [0.29, 0.717) is 13.2 Å². The maximum atomic E-state index is 5.76. The first-order chi connectivity index (χ1) is 6.16. The average Bonchev–Trinajstić information content (AvgIpc) is 2.50. The Morgan fingerprint density at radius 1 is 1.00 bits per heavy atom. The van der Waals surface area contributed by atoms with Gasteiger partial charge >= 0.3 is 0 Å². The van der Waals surface area contributed by atoms with Gasteiger partial charge in [0.25, 0.3) is 0 Å². The van der Waals surface area contributed by atoms with Gasteiger partial charge in [-0.05, 0) is 13.8 Å². The highest BCUT2D eigenvalue weighted by Crippen LogP contribution is 2.40. The van der Waals surface area contributed by atoms with Crippen molar-refractivity contribution >= 4 is 0 Å². The number of hydrogen-bond acceptors (Lipinski definition) is 4. The normalized spacial score (nSPS) is 52.2. The number of hydrogen-bond donors (Lipinski definition) is 0. The van der Waals surface area contributed by atoms with E-state index >= 15 is 0 Å². The minimum absolute atomic E-state index is 0.0718. The fourth-order valence-corrected chi connectivity index (χ4v) is 2.34. The first kappa shape index (κ1) is 8.17. The van der Waals surface area contributed by atoms with Crippen molar-refractivity contribution in [2.45, 2.75) is 44.1 Å². The first-order valence-corrected chi connectivity index (χ1v) is 4.74. The Labute approximate surface area is 77.1 Å². The third kappa shape index (κ3) is 1.13. The van der Waals surface area contributed by atoms with Crippen LogP contribution < -0.4 is 0 Å². The zero-order chi connectivity index (χ0) is 9.05. The summed E-state index contributed by atoms with van der Waals surface area (Å²) in [6, 6.07) is 0. The fraction of sp³-hybridized carbons (Fsp3) is 1.00. The lowest BCUT2D eigenvalue weighted by Gasteiger charge is -2.27. The van der Waals surface area contributed by atoms with Crippen LogP contribution in [-0.4, -0.2) is 43.4 Å². The van der Waals surface area contributed by atoms with Crippen LogP contribution in [0.4, 0.5) is 0 Å². The molecule has 0 amide bonds. The Balaban J connectivity index is 1.86. The molecule has 74 valence electrons. The van der Waals surface area contributed by atoms with Crippen LogP contribution in [0.3, 0.4) is 0 Å². The molecule has 3 heterocycles. The SMILES string of the molecule is CC1(C)O[C@@H]2[C@H](O1)[C@H]1COC[C@@H]2O1. The minimum Gasteiger partial charge on any atom is -0.376 e. The molecule has 3 aliphatic heterocycles. The maximum Gasteiger partial charge on any atom is 0.164 e. The van der Waals surface area contributed by atoms with Crippen molar-refractivity contribution < 1.29 is 18.9 Å². The van der Waals surface area contributed by atoms with Gasteiger partial charge in [-0.3, -0.25) is 0 Å². The highest BCUT2D eigenvalue weighted by molar-refractivity contribution is 4.99. The molecular formula is C9H14O4. The van der Waals surface area contributed by atoms with Crippen LogP contribution in [0.1, 0.15) is 13.8 Å². The molecule has 0 unspecified atom stereocenters. The zero-order valence-corrected chi connectivity index (χ0v) is 7.86. The van der Waals surface area contributed by atoms with Gasteiger partial charge in [-0.2, -0.15) is 0 Å². The Morgan fingerprint density at radius 3 is 2.08 bits per heavy atom. The Kier molecular flexibility index (Phi) is 1.54. The molecule has 0 N–H and O–H groups in total. The highest BCUT2D eigenvalue weighted by atomic mass is 16.8. The summed E-state index contributed by atoms with van der Waals surface area (Å²) in [6.45, 7) is 5.16. The Bertz CT molecular complexity index is 208. The predicted octanol–water partition coefficient (Wildman–Crippen LogP) is 0.304. The second kappa shape index (κ2) is 2.45. The third-order valence-electron chi connectivity index (χ3n) is 2.81. The molecule has 3 aliphatic rings. The van der Waals surface area contributed by atoms with Crippen LogP contribution in [0.2, 0.25) is 0 Å². The molecule has 3 saturated heterocycles. The van der Waals surface area contributed by atoms with Crippen molar-refractivity contribution in [3.05, 3.63) is 0 Å². The van der Waals surface area contributed by atoms with Crippen LogP contribution in [0.5, 0.6) is 0 Å². The first-order valence-electron chi connectivity index (χ1n) is 4.74. The van der Waals surface area contributed by atoms with Crippen molar-refractivity contribution in [2.75, 3.05) is 13.2 Å². The van der Waals surface area contributed by atoms with E-state index in [4.69, 9.17) is 18.9 Å². The van der Waals surface area contributed by atoms with E-state index in [0.717, 1.165) is 0 Å². The van der Waals surface area contributed by atoms with E-state index in [2.05, 4.69) is 0 Å². The van der Waals surface area contributed by atoms with E-state index in [1.165, 1.54) is 0 Å². The molecule has 0 saturated carbocycles. The molecule has 4 heteroatoms. The Hall–Kier alpha value is -0.160. The molecule has 4 atom stereocenters. The molecule has 0 spiro atoms. The summed E-state index contributed by atoms with van der Waals surface area (Å²) in [4.78, 5) is 0. The largest absolute Gasteiger partial charge is 0.376 e. The van der Waals surface area contributed by atoms with E-state index in [1.807, 2.05) is 13.8 Å². The second-order valence-corrected chi connectivity index (χ2v) is 4.32. The Morgan fingerprint density at radius 2 is 1.54 bits per heavy atom. The fourth-order valence-electron chi connectivity index (χ4n) is 2.34. The van der Waals surface area contributed by atoms with Crippen LogP contribution in [0.15, 0.2) is 0 Å². The summed E-state index contributed by atoms with van der Waals surface area (Å²) in [5.41, 5.74) is 0. The summed E-state index contributed by atoms with van der Waals surface area (Å²) in [7, 11) is 0. The standard InChI is InChI=1S/C9H14O4/c1-9(2)12-7-5-3-10-4-6(11-5)8(7)13-9/h5-8H,3-4H2,1-2H3/t5-,6+,7-,8+. The van der Waals surface area contributed by atoms with Gasteiger partial charge in [0, 0.05) is 0 Å². The van der Waals surface area contributed by atoms with Crippen LogP contribution in [0, 0.1) is 0 Å². The van der Waals surface area contributed by atoms with Gasteiger partial charge in [0.15, 0.2) is 5.79 Å². The van der Waals surface area contributed by atoms with E-state index in [9.17, 15) is 0 Å². The lowest BCUT2D eigenvalue weighted by Crippen LogP contribution is -2.36. The number of rotatable bonds is 0. The molecular weight excluding hydrogens is 172 g/mol. The molecule has 2 bridgehead atoms. The summed E-state index contributed by atoms with van der Waals surface area (Å²) >= 11 is 0. The molecule has 0 aliphatic carbocycles. The van der Waals surface area contributed by atoms with E-state index < -0.39 is 5.79 Å². The molecule has 4 nitrogen and oxygen atoms in total. The van der Waals surface area contributed by atoms with Crippen molar-refractivity contribution in [3.63, 3.8) is 0 Å². The van der Waals surface area contributed by atoms with Crippen LogP contribution in [-0.2, 0) is 18.9 Å². The van der Waals surface area contributed by atoms with Gasteiger partial charge in [0.05, 0.1) is 13.2 Å². The monoisotopic (exact) mass is 186 g/mol. The summed E-state index contributed by atoms with van der Waals surface area (Å²) < 4.78 is 22.6. The maximum absolute atomic E-state index is 5.76. The highest BCUT2D eigenvalue weighted by Gasteiger charge is 2.56. The lowest BCUT2D eigenvalue weighted by molar-refractivity contribution is -0.214. The number of ether oxygens (including phenoxy) is 4. The molecule has 13 heavy (non-hydrogen) atoms. The second-order valence-electron chi connectivity index (χ2n) is 4.32. The average molecular weight is 186 g/mol. The molecule has 3 rings (SSSR count). The van der Waals surface area contributed by atoms with Gasteiger partial charge < -0.3 is 18.9 Å². The zero-order valence-electron chi connectivity index (χ0n) is 7.86. The van der Waals surface area contributed by atoms with Crippen LogP contribution >= 0.6 is 0 Å². The topological polar surface area (TPSA) is 36.9 Å². The molecule has 3 fully saturated rings. The predicted molar refractivity (Wildman–Crippen MR) is 43.3 cm³/mol. The summed E-state index contributed by atoms with van der Waals surface area (Å²) in [6.07, 6.45) is 0.293. The van der Waals surface area contributed by atoms with Gasteiger partial charge in [0.1, 0.15) is 24.4 Å². The van der Waals surface area contributed by atoms with Gasteiger partial charge in [-0.25, -0.2) is 0 Å². The summed E-state index contributed by atoms with van der Waals surface area (Å²) in [5, 5.41) is 0. The molecule has 0 aromatic rings. The van der Waals surface area contributed by atoms with Gasteiger partial charge in [-0.15, -0.1) is 0 Å². The molecule has 0 aromatic heterocycles. The van der Waals surface area contributed by atoms with E-state index in [-0.39, 0.29) is 24.4 Å². The van der Waals surface area contributed by atoms with Crippen molar-refractivity contribution in [2.24, 2.45) is 0 Å². The number of fused-ring (bicyclic) bond motifs is 5. The van der Waals surface area contributed by atoms with Gasteiger partial charge in [-0.1, -0.05) is 0 Å². The van der Waals surface area contributed by atoms with Crippen molar-refractivity contribution in [1.82, 2.24) is 0 Å². The molecule has 0 aromatic carbocycles. The third-order valence-corrected chi connectivity index (χ3v) is 2.81. The van der Waals surface area contributed by atoms with E-state index in [1.54, 1.807) is 0 Å². The van der Waals surface area contributed by atoms with Crippen molar-refractivity contribution in [1.29, 1.82) is 0 Å². The van der Waals surface area contributed by atoms with Gasteiger partial charge in [0.2, 0.25) is 0 Å².